The van der Waals surface area contributed by atoms with Gasteiger partial charge in [-0.05, 0) is 65.6 Å². The van der Waals surface area contributed by atoms with Crippen molar-refractivity contribution in [2.75, 3.05) is 26.7 Å². The molecule has 4 aromatic rings. The summed E-state index contributed by atoms with van der Waals surface area (Å²) in [5, 5.41) is 13.8. The average molecular weight is 701 g/mol. The quantitative estimate of drug-likeness (QED) is 0.155. The van der Waals surface area contributed by atoms with Gasteiger partial charge in [-0.2, -0.15) is 4.98 Å². The first kappa shape index (κ1) is 33.5. The zero-order chi connectivity index (χ0) is 34.1. The van der Waals surface area contributed by atoms with E-state index in [0.717, 1.165) is 72.2 Å². The fourth-order valence-corrected chi connectivity index (χ4v) is 7.89. The Bertz CT molecular complexity index is 1880. The molecular formula is C39H39Cl2N3O5. The summed E-state index contributed by atoms with van der Waals surface area (Å²) in [6.45, 7) is 3.11. The molecule has 0 unspecified atom stereocenters. The van der Waals surface area contributed by atoms with Gasteiger partial charge >= 0.3 is 5.97 Å². The number of benzene rings is 3. The van der Waals surface area contributed by atoms with Crippen molar-refractivity contribution in [3.8, 4) is 34.0 Å². The minimum atomic E-state index is -0.775. The van der Waals surface area contributed by atoms with E-state index in [1.54, 1.807) is 13.2 Å². The SMILES string of the molecule is COc1nc(O[C@H]2CCc3c(-c4cccc(-c5ccc(CNC[C@@H]6CCC(=O)C6)cc5)c4Cl)cccc32)c(Cl)cc1CN1CC(C(=O)O)C1. The number of carbonyl (C=O) groups is 2. The van der Waals surface area contributed by atoms with Crippen molar-refractivity contribution in [3.05, 3.63) is 99.0 Å². The highest BCUT2D eigenvalue weighted by Gasteiger charge is 2.34. The minimum absolute atomic E-state index is 0.237. The number of pyridine rings is 1. The summed E-state index contributed by atoms with van der Waals surface area (Å²) in [5.41, 5.74) is 8.36. The highest BCUT2D eigenvalue weighted by atomic mass is 35.5. The lowest BCUT2D eigenvalue weighted by Gasteiger charge is -2.36. The lowest BCUT2D eigenvalue weighted by molar-refractivity contribution is -0.147. The number of carboxylic acid groups (broad SMARTS) is 1. The number of hydrogen-bond donors (Lipinski definition) is 2. The van der Waals surface area contributed by atoms with Gasteiger partial charge in [0.1, 0.15) is 16.9 Å². The largest absolute Gasteiger partial charge is 0.481 e. The van der Waals surface area contributed by atoms with E-state index in [2.05, 4.69) is 64.9 Å². The maximum absolute atomic E-state index is 11.6. The summed E-state index contributed by atoms with van der Waals surface area (Å²) in [4.78, 5) is 29.4. The molecule has 10 heteroatoms. The van der Waals surface area contributed by atoms with Crippen molar-refractivity contribution in [2.45, 2.75) is 51.3 Å². The molecule has 1 saturated carbocycles. The molecule has 254 valence electrons. The van der Waals surface area contributed by atoms with Crippen LogP contribution in [-0.2, 0) is 29.1 Å². The van der Waals surface area contributed by atoms with Gasteiger partial charge in [0.05, 0.1) is 18.1 Å². The molecule has 49 heavy (non-hydrogen) atoms. The predicted octanol–water partition coefficient (Wildman–Crippen LogP) is 7.77. The molecule has 0 bridgehead atoms. The lowest BCUT2D eigenvalue weighted by Crippen LogP contribution is -2.49. The Hall–Kier alpha value is -3.95. The number of fused-ring (bicyclic) bond motifs is 1. The monoisotopic (exact) mass is 699 g/mol. The third-order valence-electron chi connectivity index (χ3n) is 10.0. The van der Waals surface area contributed by atoms with Gasteiger partial charge in [-0.15, -0.1) is 0 Å². The van der Waals surface area contributed by atoms with E-state index in [1.807, 2.05) is 11.0 Å². The highest BCUT2D eigenvalue weighted by molar-refractivity contribution is 6.36. The van der Waals surface area contributed by atoms with E-state index in [-0.39, 0.29) is 12.0 Å². The highest BCUT2D eigenvalue weighted by Crippen LogP contribution is 2.45. The first-order chi connectivity index (χ1) is 23.8. The molecule has 2 aliphatic carbocycles. The van der Waals surface area contributed by atoms with Gasteiger partial charge < -0.3 is 19.9 Å². The molecule has 2 N–H and O–H groups in total. The third-order valence-corrected chi connectivity index (χ3v) is 10.7. The molecule has 3 aliphatic rings. The minimum Gasteiger partial charge on any atom is -0.481 e. The second-order valence-corrected chi connectivity index (χ2v) is 14.1. The number of nitrogens with zero attached hydrogens (tertiary/aromatic N) is 2. The van der Waals surface area contributed by atoms with Crippen molar-refractivity contribution < 1.29 is 24.2 Å². The van der Waals surface area contributed by atoms with Crippen molar-refractivity contribution >= 4 is 35.0 Å². The Morgan fingerprint density at radius 1 is 0.980 bits per heavy atom. The van der Waals surface area contributed by atoms with Crippen LogP contribution in [0.15, 0.2) is 66.7 Å². The Labute approximate surface area is 296 Å². The fraction of sp³-hybridized carbons (Fsp3) is 0.359. The number of nitrogens with one attached hydrogen (secondary N) is 1. The van der Waals surface area contributed by atoms with Gasteiger partial charge in [0.2, 0.25) is 11.8 Å². The maximum Gasteiger partial charge on any atom is 0.309 e. The van der Waals surface area contributed by atoms with E-state index in [0.29, 0.717) is 59.6 Å². The second-order valence-electron chi connectivity index (χ2n) is 13.3. The van der Waals surface area contributed by atoms with Gasteiger partial charge in [0.15, 0.2) is 0 Å². The van der Waals surface area contributed by atoms with Crippen LogP contribution in [0.3, 0.4) is 0 Å². The predicted molar refractivity (Wildman–Crippen MR) is 190 cm³/mol. The number of ether oxygens (including phenoxy) is 2. The smallest absolute Gasteiger partial charge is 0.309 e. The van der Waals surface area contributed by atoms with Crippen LogP contribution in [0.5, 0.6) is 11.8 Å². The number of carboxylic acids is 1. The number of halogens is 2. The van der Waals surface area contributed by atoms with Crippen molar-refractivity contribution in [3.63, 3.8) is 0 Å². The molecule has 0 amide bonds. The van der Waals surface area contributed by atoms with E-state index in [4.69, 9.17) is 32.7 Å². The van der Waals surface area contributed by atoms with Crippen molar-refractivity contribution in [1.29, 1.82) is 0 Å². The number of methoxy groups -OCH3 is 1. The summed E-state index contributed by atoms with van der Waals surface area (Å²) in [7, 11) is 1.56. The number of rotatable bonds is 12. The fourth-order valence-electron chi connectivity index (χ4n) is 7.34. The molecule has 2 fully saturated rings. The van der Waals surface area contributed by atoms with Crippen LogP contribution in [0.4, 0.5) is 0 Å². The zero-order valence-corrected chi connectivity index (χ0v) is 28.9. The second kappa shape index (κ2) is 14.5. The molecule has 3 aromatic carbocycles. The van der Waals surface area contributed by atoms with Gasteiger partial charge in [-0.3, -0.25) is 14.5 Å². The molecule has 1 saturated heterocycles. The van der Waals surface area contributed by atoms with Crippen molar-refractivity contribution in [1.82, 2.24) is 15.2 Å². The van der Waals surface area contributed by atoms with E-state index < -0.39 is 5.97 Å². The summed E-state index contributed by atoms with van der Waals surface area (Å²) in [6, 6.07) is 22.7. The molecule has 2 heterocycles. The molecule has 7 rings (SSSR count). The number of aliphatic carboxylic acids is 1. The standard InChI is InChI=1S/C39H39Cl2N3O5/c1-48-37-26(20-44-21-27(22-44)39(46)47)17-34(40)38(43-37)49-35-15-14-31-30(5-3-6-32(31)35)33-7-2-4-29(36(33)41)25-11-8-23(9-12-25)18-42-19-24-10-13-28(45)16-24/h2-9,11-12,17,24,27,35,42H,10,13-16,18-22H2,1H3,(H,46,47)/t24-,35+/m1/s1. The van der Waals surface area contributed by atoms with Gasteiger partial charge in [-0.25, -0.2) is 0 Å². The van der Waals surface area contributed by atoms with Crippen molar-refractivity contribution in [2.24, 2.45) is 11.8 Å². The van der Waals surface area contributed by atoms with Crippen LogP contribution < -0.4 is 14.8 Å². The molecule has 8 nitrogen and oxygen atoms in total. The molecule has 1 aromatic heterocycles. The number of aromatic nitrogens is 1. The van der Waals surface area contributed by atoms with Gasteiger partial charge in [0.25, 0.3) is 0 Å². The first-order valence-electron chi connectivity index (χ1n) is 16.8. The Morgan fingerprint density at radius 2 is 1.73 bits per heavy atom. The molecule has 0 radical (unpaired) electrons. The molecular weight excluding hydrogens is 661 g/mol. The summed E-state index contributed by atoms with van der Waals surface area (Å²) in [5.74, 6) is 0.445. The zero-order valence-electron chi connectivity index (χ0n) is 27.4. The third kappa shape index (κ3) is 7.19. The summed E-state index contributed by atoms with van der Waals surface area (Å²) in [6.07, 6.45) is 3.76. The Kier molecular flexibility index (Phi) is 9.92. The van der Waals surface area contributed by atoms with E-state index >= 15 is 0 Å². The number of Topliss-reactive ketones (excluding diaryl/α,β-unsaturated/α-hetero) is 1. The number of carbonyl (C=O) groups excluding carboxylic acids is 1. The number of hydrogen-bond acceptors (Lipinski definition) is 7. The average Bonchev–Trinajstić information content (AvgIpc) is 3.69. The van der Waals surface area contributed by atoms with Crippen LogP contribution in [0.25, 0.3) is 22.3 Å². The Morgan fingerprint density at radius 3 is 2.47 bits per heavy atom. The van der Waals surface area contributed by atoms with E-state index in [9.17, 15) is 14.7 Å². The normalized spacial score (nSPS) is 19.1. The topological polar surface area (TPSA) is 101 Å². The van der Waals surface area contributed by atoms with Gasteiger partial charge in [0, 0.05) is 55.7 Å². The lowest BCUT2D eigenvalue weighted by atomic mass is 9.93. The van der Waals surface area contributed by atoms with Crippen LogP contribution in [0, 0.1) is 11.8 Å². The molecule has 1 aliphatic heterocycles. The Balaban J connectivity index is 1.05. The maximum atomic E-state index is 11.6. The summed E-state index contributed by atoms with van der Waals surface area (Å²) < 4.78 is 12.0. The molecule has 0 spiro atoms. The van der Waals surface area contributed by atoms with Crippen LogP contribution in [0.1, 0.15) is 54.0 Å². The van der Waals surface area contributed by atoms with Gasteiger partial charge in [-0.1, -0.05) is 83.9 Å². The number of likely N-dealkylation sites (tertiary alicyclic amines) is 1. The van der Waals surface area contributed by atoms with Crippen LogP contribution in [-0.4, -0.2) is 53.5 Å². The number of ketones is 1. The van der Waals surface area contributed by atoms with Crippen LogP contribution >= 0.6 is 23.2 Å². The summed E-state index contributed by atoms with van der Waals surface area (Å²) >= 11 is 13.8. The van der Waals surface area contributed by atoms with Crippen LogP contribution in [0.2, 0.25) is 10.0 Å². The first-order valence-corrected chi connectivity index (χ1v) is 17.6. The molecule has 2 atom stereocenters. The van der Waals surface area contributed by atoms with E-state index in [1.165, 1.54) is 11.1 Å².